The Morgan fingerprint density at radius 1 is 1.00 bits per heavy atom. The molecule has 0 fully saturated rings. The average molecular weight is 230 g/mol. The van der Waals surface area contributed by atoms with E-state index in [1.54, 1.807) is 0 Å². The van der Waals surface area contributed by atoms with Gasteiger partial charge in [0.25, 0.3) is 0 Å². The molecule has 0 aliphatic heterocycles. The van der Waals surface area contributed by atoms with Gasteiger partial charge in [-0.1, -0.05) is 65.6 Å². The van der Waals surface area contributed by atoms with E-state index >= 15 is 0 Å². The molecule has 0 saturated carbocycles. The second kappa shape index (κ2) is 7.45. The lowest BCUT2D eigenvalue weighted by atomic mass is 10.1. The molecule has 0 aromatic heterocycles. The third-order valence-electron chi connectivity index (χ3n) is 3.36. The minimum atomic E-state index is -1.18. The van der Waals surface area contributed by atoms with Gasteiger partial charge in [-0.15, -0.1) is 0 Å². The molecule has 0 saturated heterocycles. The van der Waals surface area contributed by atoms with Crippen molar-refractivity contribution in [2.75, 3.05) is 0 Å². The molecule has 0 aromatic carbocycles. The Kier molecular flexibility index (Phi) is 7.54. The second-order valence-corrected chi connectivity index (χ2v) is 11.3. The normalized spacial score (nSPS) is 16.4. The predicted octanol–water partition coefficient (Wildman–Crippen LogP) is 4.44. The molecule has 0 amide bonds. The standard InChI is InChI=1S/C13H30OSi/c1-6-8-9-10-11-13(12(14)7-2)15(3,4)5/h12-14H,6-11H2,1-5H3/t12-,13+/m1/s1. The first-order valence-electron chi connectivity index (χ1n) is 6.61. The summed E-state index contributed by atoms with van der Waals surface area (Å²) in [4.78, 5) is 0. The van der Waals surface area contributed by atoms with Gasteiger partial charge in [-0.2, -0.15) is 0 Å². The average Bonchev–Trinajstić information content (AvgIpc) is 2.15. The van der Waals surface area contributed by atoms with Crippen LogP contribution in [0.1, 0.15) is 52.4 Å². The van der Waals surface area contributed by atoms with Crippen molar-refractivity contribution in [1.82, 2.24) is 0 Å². The van der Waals surface area contributed by atoms with Crippen molar-refractivity contribution in [2.45, 2.75) is 83.7 Å². The quantitative estimate of drug-likeness (QED) is 0.483. The Morgan fingerprint density at radius 2 is 1.60 bits per heavy atom. The highest BCUT2D eigenvalue weighted by Gasteiger charge is 2.30. The molecule has 0 aliphatic carbocycles. The lowest BCUT2D eigenvalue weighted by molar-refractivity contribution is 0.153. The van der Waals surface area contributed by atoms with Gasteiger partial charge >= 0.3 is 0 Å². The van der Waals surface area contributed by atoms with Gasteiger partial charge in [0, 0.05) is 0 Å². The zero-order valence-corrected chi connectivity index (χ0v) is 12.3. The minimum Gasteiger partial charge on any atom is -0.393 e. The van der Waals surface area contributed by atoms with E-state index < -0.39 is 8.07 Å². The Bertz CT molecular complexity index is 151. The van der Waals surface area contributed by atoms with Crippen LogP contribution < -0.4 is 0 Å². The summed E-state index contributed by atoms with van der Waals surface area (Å²) in [5, 5.41) is 10.0. The maximum Gasteiger partial charge on any atom is 0.0542 e. The fraction of sp³-hybridized carbons (Fsp3) is 1.00. The number of hydrogen-bond donors (Lipinski definition) is 1. The number of aliphatic hydroxyl groups is 1. The van der Waals surface area contributed by atoms with Gasteiger partial charge in [0.2, 0.25) is 0 Å². The van der Waals surface area contributed by atoms with Gasteiger partial charge in [0.1, 0.15) is 0 Å². The summed E-state index contributed by atoms with van der Waals surface area (Å²) in [5.74, 6) is 0. The number of unbranched alkanes of at least 4 members (excludes halogenated alkanes) is 3. The third kappa shape index (κ3) is 6.36. The van der Waals surface area contributed by atoms with Crippen LogP contribution in [0.5, 0.6) is 0 Å². The molecular formula is C13H30OSi. The summed E-state index contributed by atoms with van der Waals surface area (Å²) in [6.07, 6.45) is 7.40. The molecule has 0 aromatic rings. The fourth-order valence-corrected chi connectivity index (χ4v) is 4.74. The van der Waals surface area contributed by atoms with Crippen LogP contribution in [-0.2, 0) is 0 Å². The van der Waals surface area contributed by atoms with Gasteiger partial charge in [0.15, 0.2) is 0 Å². The smallest absolute Gasteiger partial charge is 0.0542 e. The summed E-state index contributed by atoms with van der Waals surface area (Å²) in [6, 6.07) is 0. The van der Waals surface area contributed by atoms with Crippen LogP contribution in [0.25, 0.3) is 0 Å². The van der Waals surface area contributed by atoms with E-state index in [2.05, 4.69) is 33.5 Å². The van der Waals surface area contributed by atoms with E-state index in [0.29, 0.717) is 5.54 Å². The van der Waals surface area contributed by atoms with E-state index in [1.165, 1.54) is 32.1 Å². The van der Waals surface area contributed by atoms with E-state index in [-0.39, 0.29) is 6.10 Å². The van der Waals surface area contributed by atoms with Crippen LogP contribution in [0.4, 0.5) is 0 Å². The van der Waals surface area contributed by atoms with Gasteiger partial charge in [-0.3, -0.25) is 0 Å². The zero-order chi connectivity index (χ0) is 11.9. The monoisotopic (exact) mass is 230 g/mol. The highest BCUT2D eigenvalue weighted by molar-refractivity contribution is 6.77. The Labute approximate surface area is 97.3 Å². The SMILES string of the molecule is CCCCCC[C@@H]([C@H](O)CC)[Si](C)(C)C. The topological polar surface area (TPSA) is 20.2 Å². The van der Waals surface area contributed by atoms with Crippen molar-refractivity contribution in [2.24, 2.45) is 0 Å². The van der Waals surface area contributed by atoms with Gasteiger partial charge in [-0.05, 0) is 12.0 Å². The molecule has 0 rings (SSSR count). The molecule has 0 spiro atoms. The molecule has 0 aliphatic rings. The predicted molar refractivity (Wildman–Crippen MR) is 72.2 cm³/mol. The van der Waals surface area contributed by atoms with E-state index in [0.717, 1.165) is 6.42 Å². The number of aliphatic hydroxyl groups excluding tert-OH is 1. The number of rotatable bonds is 8. The van der Waals surface area contributed by atoms with Crippen molar-refractivity contribution >= 4 is 8.07 Å². The molecule has 0 bridgehead atoms. The molecule has 2 heteroatoms. The highest BCUT2D eigenvalue weighted by atomic mass is 28.3. The molecular weight excluding hydrogens is 200 g/mol. The maximum atomic E-state index is 10.0. The summed E-state index contributed by atoms with van der Waals surface area (Å²) in [6.45, 7) is 11.5. The van der Waals surface area contributed by atoms with Crippen LogP contribution in [-0.4, -0.2) is 19.3 Å². The van der Waals surface area contributed by atoms with Crippen molar-refractivity contribution in [3.05, 3.63) is 0 Å². The largest absolute Gasteiger partial charge is 0.393 e. The molecule has 15 heavy (non-hydrogen) atoms. The van der Waals surface area contributed by atoms with Crippen LogP contribution in [0.3, 0.4) is 0 Å². The Hall–Kier alpha value is 0.177. The first-order valence-corrected chi connectivity index (χ1v) is 10.2. The molecule has 1 nitrogen and oxygen atoms in total. The van der Waals surface area contributed by atoms with Gasteiger partial charge in [-0.25, -0.2) is 0 Å². The Morgan fingerprint density at radius 3 is 2.00 bits per heavy atom. The van der Waals surface area contributed by atoms with E-state index in [1.807, 2.05) is 0 Å². The summed E-state index contributed by atoms with van der Waals surface area (Å²) < 4.78 is 0. The minimum absolute atomic E-state index is 0.0571. The lowest BCUT2D eigenvalue weighted by Gasteiger charge is -2.32. The van der Waals surface area contributed by atoms with Crippen molar-refractivity contribution in [3.63, 3.8) is 0 Å². The Balaban J connectivity index is 4.03. The van der Waals surface area contributed by atoms with E-state index in [4.69, 9.17) is 0 Å². The second-order valence-electron chi connectivity index (χ2n) is 5.80. The first kappa shape index (κ1) is 15.2. The molecule has 1 N–H and O–H groups in total. The molecule has 0 heterocycles. The molecule has 92 valence electrons. The molecule has 0 unspecified atom stereocenters. The highest BCUT2D eigenvalue weighted by Crippen LogP contribution is 2.32. The third-order valence-corrected chi connectivity index (χ3v) is 6.26. The van der Waals surface area contributed by atoms with Crippen molar-refractivity contribution in [1.29, 1.82) is 0 Å². The summed E-state index contributed by atoms with van der Waals surface area (Å²) in [5.41, 5.74) is 0.597. The molecule has 2 atom stereocenters. The maximum absolute atomic E-state index is 10.0. The van der Waals surface area contributed by atoms with Gasteiger partial charge < -0.3 is 5.11 Å². The van der Waals surface area contributed by atoms with Crippen LogP contribution >= 0.6 is 0 Å². The van der Waals surface area contributed by atoms with Crippen LogP contribution in [0, 0.1) is 0 Å². The lowest BCUT2D eigenvalue weighted by Crippen LogP contribution is -2.36. The van der Waals surface area contributed by atoms with Crippen LogP contribution in [0.15, 0.2) is 0 Å². The van der Waals surface area contributed by atoms with E-state index in [9.17, 15) is 5.11 Å². The molecule has 0 radical (unpaired) electrons. The summed E-state index contributed by atoms with van der Waals surface area (Å²) in [7, 11) is -1.18. The zero-order valence-electron chi connectivity index (χ0n) is 11.3. The summed E-state index contributed by atoms with van der Waals surface area (Å²) >= 11 is 0. The van der Waals surface area contributed by atoms with Gasteiger partial charge in [0.05, 0.1) is 14.2 Å². The number of hydrogen-bond acceptors (Lipinski definition) is 1. The van der Waals surface area contributed by atoms with Crippen LogP contribution in [0.2, 0.25) is 25.2 Å². The van der Waals surface area contributed by atoms with Crippen molar-refractivity contribution < 1.29 is 5.11 Å². The fourth-order valence-electron chi connectivity index (χ4n) is 2.28. The first-order chi connectivity index (χ1) is 6.93. The van der Waals surface area contributed by atoms with Crippen molar-refractivity contribution in [3.8, 4) is 0 Å².